The van der Waals surface area contributed by atoms with Crippen molar-refractivity contribution in [3.8, 4) is 11.5 Å². The van der Waals surface area contributed by atoms with E-state index in [2.05, 4.69) is 0 Å². The van der Waals surface area contributed by atoms with Gasteiger partial charge in [0, 0.05) is 13.7 Å². The number of aromatic hydroxyl groups is 1. The first-order chi connectivity index (χ1) is 7.07. The number of rotatable bonds is 4. The molecule has 0 spiro atoms. The number of hydrogen-bond donors (Lipinski definition) is 2. The Morgan fingerprint density at radius 1 is 1.40 bits per heavy atom. The summed E-state index contributed by atoms with van der Waals surface area (Å²) in [5, 5.41) is 9.45. The molecule has 4 heteroatoms. The van der Waals surface area contributed by atoms with Crippen LogP contribution in [0.5, 0.6) is 11.5 Å². The highest BCUT2D eigenvalue weighted by atomic mass is 16.5. The normalized spacial score (nSPS) is 14.7. The van der Waals surface area contributed by atoms with Crippen LogP contribution in [0.15, 0.2) is 18.2 Å². The first-order valence-electron chi connectivity index (χ1n) is 4.70. The summed E-state index contributed by atoms with van der Waals surface area (Å²) < 4.78 is 10.4. The fourth-order valence-corrected chi connectivity index (χ4v) is 1.33. The van der Waals surface area contributed by atoms with E-state index < -0.39 is 5.60 Å². The number of phenolic OH excluding ortho intramolecular Hbond substituents is 1. The zero-order valence-electron chi connectivity index (χ0n) is 9.28. The van der Waals surface area contributed by atoms with E-state index in [0.717, 1.165) is 5.56 Å². The Morgan fingerprint density at radius 3 is 2.53 bits per heavy atom. The summed E-state index contributed by atoms with van der Waals surface area (Å²) in [7, 11) is 3.11. The number of nitrogens with two attached hydrogens (primary N) is 1. The number of benzene rings is 1. The maximum atomic E-state index is 9.45. The van der Waals surface area contributed by atoms with E-state index in [4.69, 9.17) is 15.2 Å². The summed E-state index contributed by atoms with van der Waals surface area (Å²) in [6.07, 6.45) is 0. The van der Waals surface area contributed by atoms with Gasteiger partial charge >= 0.3 is 0 Å². The lowest BCUT2D eigenvalue weighted by atomic mass is 9.95. The summed E-state index contributed by atoms with van der Waals surface area (Å²) in [6.45, 7) is 2.25. The van der Waals surface area contributed by atoms with Crippen molar-refractivity contribution in [3.63, 3.8) is 0 Å². The second-order valence-electron chi connectivity index (χ2n) is 3.53. The molecule has 15 heavy (non-hydrogen) atoms. The van der Waals surface area contributed by atoms with Crippen LogP contribution < -0.4 is 10.5 Å². The second-order valence-corrected chi connectivity index (χ2v) is 3.53. The highest BCUT2D eigenvalue weighted by Gasteiger charge is 2.25. The van der Waals surface area contributed by atoms with Crippen LogP contribution >= 0.6 is 0 Å². The molecule has 0 aliphatic carbocycles. The zero-order chi connectivity index (χ0) is 11.5. The fourth-order valence-electron chi connectivity index (χ4n) is 1.33. The molecule has 0 saturated carbocycles. The second kappa shape index (κ2) is 4.51. The molecular formula is C11H17NO3. The SMILES string of the molecule is COc1cc(C(C)(CN)OC)ccc1O. The molecule has 0 bridgehead atoms. The van der Waals surface area contributed by atoms with Crippen molar-refractivity contribution in [1.82, 2.24) is 0 Å². The lowest BCUT2D eigenvalue weighted by molar-refractivity contribution is 0.00988. The number of phenols is 1. The van der Waals surface area contributed by atoms with Gasteiger partial charge in [-0.25, -0.2) is 0 Å². The van der Waals surface area contributed by atoms with Gasteiger partial charge in [0.05, 0.1) is 7.11 Å². The Balaban J connectivity index is 3.15. The van der Waals surface area contributed by atoms with Gasteiger partial charge in [0.15, 0.2) is 11.5 Å². The molecular weight excluding hydrogens is 194 g/mol. The molecule has 84 valence electrons. The van der Waals surface area contributed by atoms with Crippen molar-refractivity contribution in [3.05, 3.63) is 23.8 Å². The highest BCUT2D eigenvalue weighted by Crippen LogP contribution is 2.32. The average Bonchev–Trinajstić information content (AvgIpc) is 2.28. The molecule has 0 saturated heterocycles. The third-order valence-electron chi connectivity index (χ3n) is 2.63. The number of hydrogen-bond acceptors (Lipinski definition) is 4. The average molecular weight is 211 g/mol. The van der Waals surface area contributed by atoms with Crippen LogP contribution in [0.3, 0.4) is 0 Å². The molecule has 0 heterocycles. The zero-order valence-corrected chi connectivity index (χ0v) is 9.28. The molecule has 0 radical (unpaired) electrons. The third kappa shape index (κ3) is 2.22. The molecule has 0 fully saturated rings. The minimum Gasteiger partial charge on any atom is -0.504 e. The molecule has 0 aromatic heterocycles. The van der Waals surface area contributed by atoms with E-state index in [9.17, 15) is 5.11 Å². The molecule has 1 aromatic carbocycles. The molecule has 0 aliphatic heterocycles. The van der Waals surface area contributed by atoms with Crippen molar-refractivity contribution in [2.45, 2.75) is 12.5 Å². The van der Waals surface area contributed by atoms with Gasteiger partial charge in [-0.2, -0.15) is 0 Å². The van der Waals surface area contributed by atoms with Gasteiger partial charge in [-0.3, -0.25) is 0 Å². The summed E-state index contributed by atoms with van der Waals surface area (Å²) in [6, 6.07) is 5.07. The first kappa shape index (κ1) is 11.8. The fraction of sp³-hybridized carbons (Fsp3) is 0.455. The Bertz CT molecular complexity index is 335. The van der Waals surface area contributed by atoms with Crippen molar-refractivity contribution >= 4 is 0 Å². The first-order valence-corrected chi connectivity index (χ1v) is 4.70. The van der Waals surface area contributed by atoms with Crippen LogP contribution in [0.4, 0.5) is 0 Å². The maximum Gasteiger partial charge on any atom is 0.160 e. The lowest BCUT2D eigenvalue weighted by Crippen LogP contribution is -2.33. The van der Waals surface area contributed by atoms with Gasteiger partial charge in [-0.1, -0.05) is 6.07 Å². The van der Waals surface area contributed by atoms with Gasteiger partial charge in [-0.05, 0) is 24.6 Å². The van der Waals surface area contributed by atoms with Gasteiger partial charge in [-0.15, -0.1) is 0 Å². The maximum absolute atomic E-state index is 9.45. The van der Waals surface area contributed by atoms with Crippen LogP contribution in [-0.4, -0.2) is 25.9 Å². The van der Waals surface area contributed by atoms with E-state index in [1.807, 2.05) is 6.92 Å². The minimum absolute atomic E-state index is 0.108. The Kier molecular flexibility index (Phi) is 3.55. The predicted octanol–water partition coefficient (Wildman–Crippen LogP) is 1.22. The highest BCUT2D eigenvalue weighted by molar-refractivity contribution is 5.43. The van der Waals surface area contributed by atoms with Crippen molar-refractivity contribution in [1.29, 1.82) is 0 Å². The van der Waals surface area contributed by atoms with Crippen molar-refractivity contribution < 1.29 is 14.6 Å². The van der Waals surface area contributed by atoms with E-state index >= 15 is 0 Å². The smallest absolute Gasteiger partial charge is 0.160 e. The monoisotopic (exact) mass is 211 g/mol. The summed E-state index contributed by atoms with van der Waals surface area (Å²) in [4.78, 5) is 0. The quantitative estimate of drug-likeness (QED) is 0.786. The van der Waals surface area contributed by atoms with Gasteiger partial charge in [0.25, 0.3) is 0 Å². The van der Waals surface area contributed by atoms with Gasteiger partial charge in [0.1, 0.15) is 5.60 Å². The van der Waals surface area contributed by atoms with Crippen LogP contribution in [0.1, 0.15) is 12.5 Å². The van der Waals surface area contributed by atoms with Crippen molar-refractivity contribution in [2.75, 3.05) is 20.8 Å². The third-order valence-corrected chi connectivity index (χ3v) is 2.63. The molecule has 0 aliphatic rings. The van der Waals surface area contributed by atoms with Crippen molar-refractivity contribution in [2.24, 2.45) is 5.73 Å². The minimum atomic E-state index is -0.555. The summed E-state index contributed by atoms with van der Waals surface area (Å²) in [5.74, 6) is 0.529. The molecule has 1 rings (SSSR count). The molecule has 1 atom stereocenters. The van der Waals surface area contributed by atoms with E-state index in [-0.39, 0.29) is 5.75 Å². The van der Waals surface area contributed by atoms with Crippen LogP contribution in [-0.2, 0) is 10.3 Å². The van der Waals surface area contributed by atoms with Gasteiger partial charge < -0.3 is 20.3 Å². The predicted molar refractivity (Wildman–Crippen MR) is 58.1 cm³/mol. The lowest BCUT2D eigenvalue weighted by Gasteiger charge is -2.27. The molecule has 4 nitrogen and oxygen atoms in total. The van der Waals surface area contributed by atoms with Crippen LogP contribution in [0.25, 0.3) is 0 Å². The molecule has 1 unspecified atom stereocenters. The summed E-state index contributed by atoms with van der Waals surface area (Å²) >= 11 is 0. The van der Waals surface area contributed by atoms with E-state index in [0.29, 0.717) is 12.3 Å². The Hall–Kier alpha value is -1.26. The molecule has 1 aromatic rings. The molecule has 3 N–H and O–H groups in total. The standard InChI is InChI=1S/C11H17NO3/c1-11(7-12,15-3)8-4-5-9(13)10(6-8)14-2/h4-6,13H,7,12H2,1-3H3. The van der Waals surface area contributed by atoms with Gasteiger partial charge in [0.2, 0.25) is 0 Å². The van der Waals surface area contributed by atoms with E-state index in [1.165, 1.54) is 7.11 Å². The van der Waals surface area contributed by atoms with Crippen LogP contribution in [0.2, 0.25) is 0 Å². The molecule has 0 amide bonds. The number of methoxy groups -OCH3 is 2. The van der Waals surface area contributed by atoms with E-state index in [1.54, 1.807) is 25.3 Å². The number of ether oxygens (including phenoxy) is 2. The summed E-state index contributed by atoms with van der Waals surface area (Å²) in [5.41, 5.74) is 5.97. The largest absolute Gasteiger partial charge is 0.504 e. The van der Waals surface area contributed by atoms with Crippen LogP contribution in [0, 0.1) is 0 Å². The Labute approximate surface area is 89.6 Å². The topological polar surface area (TPSA) is 64.7 Å². The Morgan fingerprint density at radius 2 is 2.07 bits per heavy atom.